The van der Waals surface area contributed by atoms with E-state index in [4.69, 9.17) is 16.3 Å². The predicted molar refractivity (Wildman–Crippen MR) is 84.2 cm³/mol. The van der Waals surface area contributed by atoms with Crippen LogP contribution in [0.15, 0.2) is 42.5 Å². The lowest BCUT2D eigenvalue weighted by molar-refractivity contribution is 0.290. The number of hydrogen-bond donors (Lipinski definition) is 1. The van der Waals surface area contributed by atoms with Crippen molar-refractivity contribution in [2.45, 2.75) is 33.0 Å². The normalized spacial score (nSPS) is 10.9. The smallest absolute Gasteiger partial charge is 0.183 e. The van der Waals surface area contributed by atoms with Gasteiger partial charge in [0.1, 0.15) is 6.61 Å². The summed E-state index contributed by atoms with van der Waals surface area (Å²) >= 11 is 5.71. The molecule has 0 saturated carbocycles. The van der Waals surface area contributed by atoms with Crippen molar-refractivity contribution in [3.05, 3.63) is 64.4 Å². The van der Waals surface area contributed by atoms with Crippen molar-refractivity contribution in [3.63, 3.8) is 0 Å². The van der Waals surface area contributed by atoms with Gasteiger partial charge in [-0.15, -0.1) is 0 Å². The van der Waals surface area contributed by atoms with Crippen LogP contribution in [0.25, 0.3) is 0 Å². The highest BCUT2D eigenvalue weighted by Crippen LogP contribution is 2.24. The van der Waals surface area contributed by atoms with Crippen molar-refractivity contribution in [3.8, 4) is 5.75 Å². The third-order valence-corrected chi connectivity index (χ3v) is 3.34. The van der Waals surface area contributed by atoms with Crippen LogP contribution in [0.3, 0.4) is 0 Å². The third kappa shape index (κ3) is 4.73. The Hall–Kier alpha value is -1.58. The molecule has 112 valence electrons. The standard InChI is InChI=1S/C17H19ClFNO/c1-12(2)20-10-13-6-8-14(9-7-13)11-21-16-5-3-4-15(18)17(16)19/h3-9,12,20H,10-11H2,1-2H3. The summed E-state index contributed by atoms with van der Waals surface area (Å²) in [5.41, 5.74) is 2.20. The third-order valence-electron chi connectivity index (χ3n) is 3.05. The first-order valence-electron chi connectivity index (χ1n) is 6.94. The monoisotopic (exact) mass is 307 g/mol. The number of ether oxygens (including phenoxy) is 1. The van der Waals surface area contributed by atoms with E-state index >= 15 is 0 Å². The van der Waals surface area contributed by atoms with E-state index in [0.29, 0.717) is 12.6 Å². The maximum absolute atomic E-state index is 13.7. The minimum absolute atomic E-state index is 0.0719. The molecule has 2 nitrogen and oxygen atoms in total. The van der Waals surface area contributed by atoms with Crippen molar-refractivity contribution in [1.29, 1.82) is 0 Å². The molecular weight excluding hydrogens is 289 g/mol. The molecule has 0 heterocycles. The summed E-state index contributed by atoms with van der Waals surface area (Å²) in [7, 11) is 0. The van der Waals surface area contributed by atoms with Gasteiger partial charge in [-0.25, -0.2) is 4.39 Å². The lowest BCUT2D eigenvalue weighted by Crippen LogP contribution is -2.21. The Morgan fingerprint density at radius 1 is 1.10 bits per heavy atom. The molecule has 2 aromatic carbocycles. The molecule has 21 heavy (non-hydrogen) atoms. The van der Waals surface area contributed by atoms with E-state index in [9.17, 15) is 4.39 Å². The van der Waals surface area contributed by atoms with Gasteiger partial charge < -0.3 is 10.1 Å². The summed E-state index contributed by atoms with van der Waals surface area (Å²) in [6.45, 7) is 5.38. The predicted octanol–water partition coefficient (Wildman–Crippen LogP) is 4.56. The molecule has 0 aliphatic carbocycles. The lowest BCUT2D eigenvalue weighted by Gasteiger charge is -2.10. The Morgan fingerprint density at radius 2 is 1.76 bits per heavy atom. The topological polar surface area (TPSA) is 21.3 Å². The fraction of sp³-hybridized carbons (Fsp3) is 0.294. The molecule has 0 unspecified atom stereocenters. The van der Waals surface area contributed by atoms with Gasteiger partial charge in [-0.1, -0.05) is 55.8 Å². The molecule has 2 rings (SSSR count). The van der Waals surface area contributed by atoms with Crippen molar-refractivity contribution in [2.24, 2.45) is 0 Å². The Morgan fingerprint density at radius 3 is 2.43 bits per heavy atom. The number of benzene rings is 2. The number of rotatable bonds is 6. The Balaban J connectivity index is 1.93. The van der Waals surface area contributed by atoms with Crippen molar-refractivity contribution in [1.82, 2.24) is 5.32 Å². The van der Waals surface area contributed by atoms with Crippen LogP contribution in [-0.4, -0.2) is 6.04 Å². The zero-order valence-corrected chi connectivity index (χ0v) is 13.0. The molecule has 0 aromatic heterocycles. The maximum atomic E-state index is 13.7. The minimum Gasteiger partial charge on any atom is -0.486 e. The summed E-state index contributed by atoms with van der Waals surface area (Å²) in [4.78, 5) is 0. The van der Waals surface area contributed by atoms with E-state index in [1.807, 2.05) is 24.3 Å². The van der Waals surface area contributed by atoms with Gasteiger partial charge in [-0.3, -0.25) is 0 Å². The van der Waals surface area contributed by atoms with Gasteiger partial charge in [0.2, 0.25) is 0 Å². The van der Waals surface area contributed by atoms with Crippen molar-refractivity contribution >= 4 is 11.6 Å². The fourth-order valence-electron chi connectivity index (χ4n) is 1.83. The van der Waals surface area contributed by atoms with Crippen LogP contribution in [0.2, 0.25) is 5.02 Å². The Kier molecular flexibility index (Phi) is 5.59. The summed E-state index contributed by atoms with van der Waals surface area (Å²) in [6, 6.07) is 13.3. The van der Waals surface area contributed by atoms with Crippen LogP contribution in [0.5, 0.6) is 5.75 Å². The summed E-state index contributed by atoms with van der Waals surface area (Å²) < 4.78 is 19.1. The second-order valence-electron chi connectivity index (χ2n) is 5.19. The molecule has 1 N–H and O–H groups in total. The molecule has 0 aliphatic heterocycles. The van der Waals surface area contributed by atoms with E-state index in [0.717, 1.165) is 12.1 Å². The van der Waals surface area contributed by atoms with E-state index in [-0.39, 0.29) is 10.8 Å². The van der Waals surface area contributed by atoms with E-state index in [1.54, 1.807) is 12.1 Å². The molecule has 0 saturated heterocycles. The highest BCUT2D eigenvalue weighted by molar-refractivity contribution is 6.30. The zero-order valence-electron chi connectivity index (χ0n) is 12.2. The molecule has 0 radical (unpaired) electrons. The molecule has 0 bridgehead atoms. The average Bonchev–Trinajstić information content (AvgIpc) is 2.48. The highest BCUT2D eigenvalue weighted by Gasteiger charge is 2.07. The molecule has 0 amide bonds. The van der Waals surface area contributed by atoms with Gasteiger partial charge in [0.15, 0.2) is 11.6 Å². The van der Waals surface area contributed by atoms with E-state index in [1.165, 1.54) is 11.6 Å². The molecule has 2 aromatic rings. The summed E-state index contributed by atoms with van der Waals surface area (Å²) in [5, 5.41) is 3.43. The molecule has 4 heteroatoms. The largest absolute Gasteiger partial charge is 0.486 e. The molecule has 0 aliphatic rings. The summed E-state index contributed by atoms with van der Waals surface area (Å²) in [6.07, 6.45) is 0. The first-order valence-corrected chi connectivity index (χ1v) is 7.32. The number of hydrogen-bond acceptors (Lipinski definition) is 2. The average molecular weight is 308 g/mol. The second-order valence-corrected chi connectivity index (χ2v) is 5.60. The fourth-order valence-corrected chi connectivity index (χ4v) is 2.00. The molecule has 0 atom stereocenters. The van der Waals surface area contributed by atoms with Gasteiger partial charge in [0.25, 0.3) is 0 Å². The van der Waals surface area contributed by atoms with E-state index < -0.39 is 5.82 Å². The SMILES string of the molecule is CC(C)NCc1ccc(COc2cccc(Cl)c2F)cc1. The van der Waals surface area contributed by atoms with Gasteiger partial charge in [0, 0.05) is 12.6 Å². The van der Waals surface area contributed by atoms with Crippen LogP contribution in [0.4, 0.5) is 4.39 Å². The van der Waals surface area contributed by atoms with Gasteiger partial charge in [0.05, 0.1) is 5.02 Å². The summed E-state index contributed by atoms with van der Waals surface area (Å²) in [5.74, 6) is -0.343. The van der Waals surface area contributed by atoms with Crippen LogP contribution < -0.4 is 10.1 Å². The quantitative estimate of drug-likeness (QED) is 0.845. The molecule has 0 fully saturated rings. The van der Waals surface area contributed by atoms with Crippen LogP contribution in [0.1, 0.15) is 25.0 Å². The first-order chi connectivity index (χ1) is 10.1. The number of halogens is 2. The van der Waals surface area contributed by atoms with E-state index in [2.05, 4.69) is 19.2 Å². The number of nitrogens with one attached hydrogen (secondary N) is 1. The minimum atomic E-state index is -0.517. The highest BCUT2D eigenvalue weighted by atomic mass is 35.5. The van der Waals surface area contributed by atoms with Gasteiger partial charge in [-0.2, -0.15) is 0 Å². The van der Waals surface area contributed by atoms with Crippen molar-refractivity contribution in [2.75, 3.05) is 0 Å². The van der Waals surface area contributed by atoms with Crippen LogP contribution in [0, 0.1) is 5.82 Å². The van der Waals surface area contributed by atoms with Crippen LogP contribution in [-0.2, 0) is 13.2 Å². The lowest BCUT2D eigenvalue weighted by atomic mass is 10.1. The Labute approximate surface area is 129 Å². The van der Waals surface area contributed by atoms with Crippen molar-refractivity contribution < 1.29 is 9.13 Å². The zero-order chi connectivity index (χ0) is 15.2. The maximum Gasteiger partial charge on any atom is 0.183 e. The van der Waals surface area contributed by atoms with Crippen LogP contribution >= 0.6 is 11.6 Å². The Bertz CT molecular complexity index is 584. The first kappa shape index (κ1) is 15.8. The molecular formula is C17H19ClFNO. The molecule has 0 spiro atoms. The van der Waals surface area contributed by atoms with Gasteiger partial charge in [-0.05, 0) is 23.3 Å². The second kappa shape index (κ2) is 7.43. The van der Waals surface area contributed by atoms with Gasteiger partial charge >= 0.3 is 0 Å².